The fourth-order valence-electron chi connectivity index (χ4n) is 1.45. The zero-order valence-electron chi connectivity index (χ0n) is 6.10. The normalized spacial score (nSPS) is 39.0. The van der Waals surface area contributed by atoms with E-state index in [2.05, 4.69) is 41.8 Å². The molecule has 0 aromatic heterocycles. The van der Waals surface area contributed by atoms with Gasteiger partial charge in [-0.05, 0) is 13.8 Å². The molecular weight excluding hydrogens is 225 g/mol. The van der Waals surface area contributed by atoms with Gasteiger partial charge in [-0.15, -0.1) is 0 Å². The molecule has 54 valence electrons. The van der Waals surface area contributed by atoms with Crippen LogP contribution in [-0.2, 0) is 0 Å². The quantitative estimate of drug-likeness (QED) is 0.518. The van der Waals surface area contributed by atoms with Crippen LogP contribution >= 0.6 is 22.6 Å². The Hall–Kier alpha value is 0.690. The number of hydrogen-bond acceptors (Lipinski definition) is 0. The first kappa shape index (κ1) is 7.79. The van der Waals surface area contributed by atoms with Crippen LogP contribution in [0.1, 0.15) is 26.7 Å². The smallest absolute Gasteiger partial charge is 0.0979 e. The summed E-state index contributed by atoms with van der Waals surface area (Å²) in [5.41, 5.74) is 0. The van der Waals surface area contributed by atoms with E-state index in [0.29, 0.717) is 0 Å². The molecule has 1 rings (SSSR count). The highest BCUT2D eigenvalue weighted by Crippen LogP contribution is 2.12. The molecule has 1 aliphatic rings. The topological polar surface area (TPSA) is 16.6 Å². The maximum Gasteiger partial charge on any atom is 0.0979 e. The summed E-state index contributed by atoms with van der Waals surface area (Å²) in [5, 5.41) is 2.51. The number of alkyl halides is 1. The molecule has 1 aliphatic heterocycles. The van der Waals surface area contributed by atoms with Crippen molar-refractivity contribution in [2.75, 3.05) is 0 Å². The summed E-state index contributed by atoms with van der Waals surface area (Å²) in [5.74, 6) is 0. The van der Waals surface area contributed by atoms with Gasteiger partial charge in [0.2, 0.25) is 0 Å². The van der Waals surface area contributed by atoms with Gasteiger partial charge in [-0.2, -0.15) is 0 Å². The largest absolute Gasteiger partial charge is 0.341 e. The molecule has 3 unspecified atom stereocenters. The molecule has 0 saturated carbocycles. The Balaban J connectivity index is 2.30. The number of hydrogen-bond donors (Lipinski definition) is 1. The molecule has 3 atom stereocenters. The lowest BCUT2D eigenvalue weighted by molar-refractivity contribution is -0.696. The van der Waals surface area contributed by atoms with Crippen LogP contribution < -0.4 is 5.32 Å². The third kappa shape index (κ3) is 2.08. The molecule has 1 saturated heterocycles. The highest BCUT2D eigenvalue weighted by molar-refractivity contribution is 14.1. The molecule has 0 amide bonds. The van der Waals surface area contributed by atoms with Gasteiger partial charge in [-0.3, -0.25) is 0 Å². The van der Waals surface area contributed by atoms with Gasteiger partial charge in [0.1, 0.15) is 0 Å². The van der Waals surface area contributed by atoms with E-state index in [1.165, 1.54) is 12.8 Å². The second-order valence-corrected chi connectivity index (χ2v) is 5.05. The van der Waals surface area contributed by atoms with E-state index in [9.17, 15) is 0 Å². The standard InChI is InChI=1S/C7H14IN/c1-5-3-4-7(9-5)6(2)8/h5-7,9H,3-4H2,1-2H3/p+1. The Morgan fingerprint density at radius 2 is 2.22 bits per heavy atom. The molecule has 0 aromatic carbocycles. The molecule has 0 aliphatic carbocycles. The highest BCUT2D eigenvalue weighted by atomic mass is 127. The lowest BCUT2D eigenvalue weighted by Gasteiger charge is -2.09. The molecule has 2 heteroatoms. The lowest BCUT2D eigenvalue weighted by atomic mass is 10.2. The first-order valence-corrected chi connectivity index (χ1v) is 4.94. The Kier molecular flexibility index (Phi) is 2.76. The van der Waals surface area contributed by atoms with Gasteiger partial charge >= 0.3 is 0 Å². The summed E-state index contributed by atoms with van der Waals surface area (Å²) < 4.78 is 0.840. The van der Waals surface area contributed by atoms with Crippen molar-refractivity contribution in [2.24, 2.45) is 0 Å². The van der Waals surface area contributed by atoms with E-state index in [4.69, 9.17) is 0 Å². The summed E-state index contributed by atoms with van der Waals surface area (Å²) in [6, 6.07) is 1.79. The molecule has 1 nitrogen and oxygen atoms in total. The van der Waals surface area contributed by atoms with Gasteiger partial charge in [-0.1, -0.05) is 22.6 Å². The van der Waals surface area contributed by atoms with Gasteiger partial charge in [0.25, 0.3) is 0 Å². The van der Waals surface area contributed by atoms with Crippen molar-refractivity contribution < 1.29 is 5.32 Å². The van der Waals surface area contributed by atoms with Crippen molar-refractivity contribution in [2.45, 2.75) is 42.7 Å². The van der Waals surface area contributed by atoms with Crippen molar-refractivity contribution in [3.63, 3.8) is 0 Å². The minimum atomic E-state index is 0.840. The van der Waals surface area contributed by atoms with E-state index >= 15 is 0 Å². The minimum Gasteiger partial charge on any atom is -0.341 e. The highest BCUT2D eigenvalue weighted by Gasteiger charge is 2.27. The molecule has 0 aromatic rings. The van der Waals surface area contributed by atoms with Gasteiger partial charge in [0, 0.05) is 12.8 Å². The van der Waals surface area contributed by atoms with Gasteiger partial charge < -0.3 is 5.32 Å². The molecular formula is C7H15IN+. The molecule has 1 fully saturated rings. The number of rotatable bonds is 1. The predicted molar refractivity (Wildman–Crippen MR) is 47.9 cm³/mol. The van der Waals surface area contributed by atoms with E-state index in [1.807, 2.05) is 0 Å². The number of halogens is 1. The molecule has 2 N–H and O–H groups in total. The lowest BCUT2D eigenvalue weighted by Crippen LogP contribution is -2.92. The van der Waals surface area contributed by atoms with Crippen molar-refractivity contribution in [3.05, 3.63) is 0 Å². The number of quaternary nitrogens is 1. The van der Waals surface area contributed by atoms with Crippen LogP contribution in [0, 0.1) is 0 Å². The SMILES string of the molecule is CC1CCC(C(C)I)[NH2+]1. The van der Waals surface area contributed by atoms with Crippen LogP contribution in [0.25, 0.3) is 0 Å². The Labute approximate surface area is 70.7 Å². The Morgan fingerprint density at radius 1 is 1.56 bits per heavy atom. The monoisotopic (exact) mass is 240 g/mol. The second kappa shape index (κ2) is 3.19. The van der Waals surface area contributed by atoms with Crippen molar-refractivity contribution in [1.82, 2.24) is 0 Å². The third-order valence-electron chi connectivity index (χ3n) is 2.12. The predicted octanol–water partition coefficient (Wildman–Crippen LogP) is 0.924. The average molecular weight is 240 g/mol. The van der Waals surface area contributed by atoms with Gasteiger partial charge in [0.05, 0.1) is 16.0 Å². The van der Waals surface area contributed by atoms with Crippen LogP contribution in [0.2, 0.25) is 0 Å². The summed E-state index contributed by atoms with van der Waals surface area (Å²) >= 11 is 2.52. The van der Waals surface area contributed by atoms with Gasteiger partial charge in [-0.25, -0.2) is 0 Å². The maximum absolute atomic E-state index is 2.52. The Bertz CT molecular complexity index is 92.9. The number of nitrogens with two attached hydrogens (primary N) is 1. The summed E-state index contributed by atoms with van der Waals surface area (Å²) in [6.07, 6.45) is 2.84. The van der Waals surface area contributed by atoms with Crippen LogP contribution in [0.4, 0.5) is 0 Å². The average Bonchev–Trinajstić information content (AvgIpc) is 2.14. The minimum absolute atomic E-state index is 0.840. The molecule has 1 heterocycles. The fourth-order valence-corrected chi connectivity index (χ4v) is 2.05. The Morgan fingerprint density at radius 3 is 2.44 bits per heavy atom. The first-order valence-electron chi connectivity index (χ1n) is 3.69. The maximum atomic E-state index is 2.52. The van der Waals surface area contributed by atoms with E-state index in [1.54, 1.807) is 0 Å². The fraction of sp³-hybridized carbons (Fsp3) is 1.00. The molecule has 0 bridgehead atoms. The molecule has 0 radical (unpaired) electrons. The van der Waals surface area contributed by atoms with Crippen molar-refractivity contribution >= 4 is 22.6 Å². The van der Waals surface area contributed by atoms with Crippen LogP contribution in [-0.4, -0.2) is 16.0 Å². The van der Waals surface area contributed by atoms with Crippen molar-refractivity contribution in [3.8, 4) is 0 Å². The summed E-state index contributed by atoms with van der Waals surface area (Å²) in [7, 11) is 0. The van der Waals surface area contributed by atoms with E-state index in [-0.39, 0.29) is 0 Å². The van der Waals surface area contributed by atoms with Crippen LogP contribution in [0.5, 0.6) is 0 Å². The van der Waals surface area contributed by atoms with E-state index in [0.717, 1.165) is 16.0 Å². The van der Waals surface area contributed by atoms with Crippen molar-refractivity contribution in [1.29, 1.82) is 0 Å². The molecule has 0 spiro atoms. The van der Waals surface area contributed by atoms with Crippen LogP contribution in [0.15, 0.2) is 0 Å². The zero-order valence-corrected chi connectivity index (χ0v) is 8.26. The van der Waals surface area contributed by atoms with Gasteiger partial charge in [0.15, 0.2) is 0 Å². The first-order chi connectivity index (χ1) is 4.20. The third-order valence-corrected chi connectivity index (χ3v) is 3.04. The summed E-state index contributed by atoms with van der Waals surface area (Å²) in [6.45, 7) is 4.62. The van der Waals surface area contributed by atoms with E-state index < -0.39 is 0 Å². The summed E-state index contributed by atoms with van der Waals surface area (Å²) in [4.78, 5) is 0. The zero-order chi connectivity index (χ0) is 6.85. The molecule has 9 heavy (non-hydrogen) atoms. The van der Waals surface area contributed by atoms with Crippen LogP contribution in [0.3, 0.4) is 0 Å². The second-order valence-electron chi connectivity index (χ2n) is 3.09.